The summed E-state index contributed by atoms with van der Waals surface area (Å²) in [5.41, 5.74) is 0. The number of hydrogen-bond donors (Lipinski definition) is 0. The van der Waals surface area contributed by atoms with E-state index in [4.69, 9.17) is 0 Å². The minimum Gasteiger partial charge on any atom is -0.0690 e. The van der Waals surface area contributed by atoms with Gasteiger partial charge < -0.3 is 0 Å². The highest BCUT2D eigenvalue weighted by molar-refractivity contribution is 7.32. The Balaban J connectivity index is 2.14. The third-order valence-electron chi connectivity index (χ3n) is 3.92. The number of fused-ring (bicyclic) bond motifs is 4. The topological polar surface area (TPSA) is 0 Å². The summed E-state index contributed by atoms with van der Waals surface area (Å²) in [4.78, 5) is 0. The first-order valence-corrected chi connectivity index (χ1v) is 15.6. The van der Waals surface area contributed by atoms with Gasteiger partial charge in [-0.1, -0.05) is 88.9 Å². The molecule has 1 aliphatic heterocycles. The standard InChI is InChI=1S/C15H17Si4/c1-17-13-7-5-9-15(11-13)19(3)18(2)14-8-4-6-12(10-14)16-17/h4-11H,1-3H3. The van der Waals surface area contributed by atoms with Crippen molar-refractivity contribution in [3.63, 3.8) is 0 Å². The maximum atomic E-state index is 2.54. The van der Waals surface area contributed by atoms with Crippen LogP contribution in [0.15, 0.2) is 48.5 Å². The molecule has 0 saturated heterocycles. The van der Waals surface area contributed by atoms with Crippen molar-refractivity contribution in [3.8, 4) is 0 Å². The zero-order chi connectivity index (χ0) is 13.4. The zero-order valence-electron chi connectivity index (χ0n) is 11.6. The minimum absolute atomic E-state index is 0.402. The third kappa shape index (κ3) is 2.62. The largest absolute Gasteiger partial charge is 0.0773 e. The molecular formula is C15H17Si4. The normalized spacial score (nSPS) is 17.4. The fourth-order valence-corrected chi connectivity index (χ4v) is 13.0. The Labute approximate surface area is 123 Å². The Hall–Kier alpha value is -0.692. The summed E-state index contributed by atoms with van der Waals surface area (Å²) in [6.07, 6.45) is 0. The van der Waals surface area contributed by atoms with E-state index >= 15 is 0 Å². The van der Waals surface area contributed by atoms with Crippen molar-refractivity contribution in [3.05, 3.63) is 48.5 Å². The second kappa shape index (κ2) is 5.36. The Morgan fingerprint density at radius 3 is 2.05 bits per heavy atom. The summed E-state index contributed by atoms with van der Waals surface area (Å²) >= 11 is 0. The lowest BCUT2D eigenvalue weighted by Crippen LogP contribution is -2.53. The molecule has 0 unspecified atom stereocenters. The van der Waals surface area contributed by atoms with Crippen molar-refractivity contribution < 1.29 is 0 Å². The average molecular weight is 310 g/mol. The van der Waals surface area contributed by atoms with Crippen LogP contribution in [0.3, 0.4) is 0 Å². The first-order valence-electron chi connectivity index (χ1n) is 6.64. The third-order valence-corrected chi connectivity index (χ3v) is 17.5. The van der Waals surface area contributed by atoms with Gasteiger partial charge in [0.25, 0.3) is 0 Å². The molecule has 0 amide bonds. The molecule has 0 spiro atoms. The highest BCUT2D eigenvalue weighted by Crippen LogP contribution is 1.98. The van der Waals surface area contributed by atoms with Crippen molar-refractivity contribution in [2.24, 2.45) is 0 Å². The second-order valence-electron chi connectivity index (χ2n) is 5.16. The van der Waals surface area contributed by atoms with E-state index in [2.05, 4.69) is 68.2 Å². The molecular weight excluding hydrogens is 293 g/mol. The van der Waals surface area contributed by atoms with E-state index in [1.807, 2.05) is 0 Å². The summed E-state index contributed by atoms with van der Waals surface area (Å²) in [6, 6.07) is 19.1. The van der Waals surface area contributed by atoms with E-state index in [0.717, 1.165) is 9.04 Å². The van der Waals surface area contributed by atoms with Crippen LogP contribution in [0.4, 0.5) is 0 Å². The monoisotopic (exact) mass is 309 g/mol. The van der Waals surface area contributed by atoms with E-state index in [0.29, 0.717) is 0 Å². The molecule has 0 aromatic heterocycles. The fourth-order valence-electron chi connectivity index (χ4n) is 2.54. The minimum atomic E-state index is -0.409. The van der Waals surface area contributed by atoms with Crippen LogP contribution in [0, 0.1) is 0 Å². The van der Waals surface area contributed by atoms with Crippen molar-refractivity contribution >= 4 is 54.7 Å². The Morgan fingerprint density at radius 1 is 0.737 bits per heavy atom. The Morgan fingerprint density at radius 2 is 1.32 bits per heavy atom. The van der Waals surface area contributed by atoms with E-state index in [9.17, 15) is 0 Å². The molecule has 0 aliphatic carbocycles. The van der Waals surface area contributed by atoms with E-state index in [-0.39, 0.29) is 0 Å². The molecule has 0 saturated carbocycles. The van der Waals surface area contributed by atoms with Crippen LogP contribution in [-0.4, -0.2) is 34.0 Å². The number of hydrogen-bond acceptors (Lipinski definition) is 0. The lowest BCUT2D eigenvalue weighted by atomic mass is 10.4. The molecule has 1 heterocycles. The van der Waals surface area contributed by atoms with Crippen LogP contribution in [-0.2, 0) is 0 Å². The lowest BCUT2D eigenvalue weighted by molar-refractivity contribution is 1.78. The van der Waals surface area contributed by atoms with Crippen LogP contribution in [0.2, 0.25) is 19.6 Å². The van der Waals surface area contributed by atoms with Gasteiger partial charge in [0, 0.05) is 0 Å². The summed E-state index contributed by atoms with van der Waals surface area (Å²) in [7, 11) is -0.221. The highest BCUT2D eigenvalue weighted by Gasteiger charge is 2.23. The van der Waals surface area contributed by atoms with Gasteiger partial charge in [-0.05, 0) is 0 Å². The van der Waals surface area contributed by atoms with E-state index < -0.39 is 24.9 Å². The summed E-state index contributed by atoms with van der Waals surface area (Å²) in [5.74, 6) is 0. The second-order valence-corrected chi connectivity index (χ2v) is 19.0. The molecule has 19 heavy (non-hydrogen) atoms. The van der Waals surface area contributed by atoms with Gasteiger partial charge in [-0.3, -0.25) is 0 Å². The molecule has 0 fully saturated rings. The van der Waals surface area contributed by atoms with Gasteiger partial charge >= 0.3 is 0 Å². The highest BCUT2D eigenvalue weighted by atomic mass is 29.2. The molecule has 2 aromatic rings. The Bertz CT molecular complexity index is 596. The SMILES string of the molecule is C[Si]1[Si]c2cccc(c2)[Si](C)[Si](C)c2cccc1c2. The van der Waals surface area contributed by atoms with E-state index in [1.165, 1.54) is 0 Å². The molecule has 3 rings (SSSR count). The van der Waals surface area contributed by atoms with Gasteiger partial charge in [-0.25, -0.2) is 0 Å². The number of rotatable bonds is 0. The molecule has 0 nitrogen and oxygen atoms in total. The fraction of sp³-hybridized carbons (Fsp3) is 0.200. The predicted molar refractivity (Wildman–Crippen MR) is 92.0 cm³/mol. The molecule has 4 bridgehead atoms. The van der Waals surface area contributed by atoms with Crippen molar-refractivity contribution in [1.82, 2.24) is 0 Å². The quantitative estimate of drug-likeness (QED) is 0.614. The van der Waals surface area contributed by atoms with Crippen molar-refractivity contribution in [2.45, 2.75) is 19.6 Å². The van der Waals surface area contributed by atoms with Crippen molar-refractivity contribution in [2.75, 3.05) is 0 Å². The first kappa shape index (κ1) is 13.3. The van der Waals surface area contributed by atoms with Crippen LogP contribution in [0.1, 0.15) is 0 Å². The van der Waals surface area contributed by atoms with Gasteiger partial charge in [0.15, 0.2) is 0 Å². The smallest absolute Gasteiger partial charge is 0.0690 e. The zero-order valence-corrected chi connectivity index (χ0v) is 15.6. The Kier molecular flexibility index (Phi) is 3.75. The van der Waals surface area contributed by atoms with Crippen LogP contribution >= 0.6 is 0 Å². The van der Waals surface area contributed by atoms with Crippen LogP contribution in [0.5, 0.6) is 0 Å². The van der Waals surface area contributed by atoms with E-state index in [1.54, 1.807) is 20.7 Å². The average Bonchev–Trinajstić information content (AvgIpc) is 2.45. The lowest BCUT2D eigenvalue weighted by Gasteiger charge is -2.22. The maximum absolute atomic E-state index is 2.54. The number of benzene rings is 2. The molecule has 0 N–H and O–H groups in total. The summed E-state index contributed by atoms with van der Waals surface area (Å²) in [6.45, 7) is 7.49. The van der Waals surface area contributed by atoms with Gasteiger partial charge in [0.1, 0.15) is 0 Å². The molecule has 93 valence electrons. The van der Waals surface area contributed by atoms with Gasteiger partial charge in [0.05, 0.1) is 34.0 Å². The van der Waals surface area contributed by atoms with Crippen LogP contribution < -0.4 is 20.7 Å². The molecule has 4 heteroatoms. The molecule has 1 aliphatic rings. The van der Waals surface area contributed by atoms with Gasteiger partial charge in [0.2, 0.25) is 0 Å². The van der Waals surface area contributed by atoms with Crippen molar-refractivity contribution in [1.29, 1.82) is 0 Å². The maximum Gasteiger partial charge on any atom is 0.0773 e. The first-order chi connectivity index (χ1) is 9.15. The molecule has 5 radical (unpaired) electrons. The summed E-state index contributed by atoms with van der Waals surface area (Å²) in [5, 5.41) is 6.52. The van der Waals surface area contributed by atoms with Gasteiger partial charge in [-0.15, -0.1) is 0 Å². The van der Waals surface area contributed by atoms with Crippen LogP contribution in [0.25, 0.3) is 0 Å². The van der Waals surface area contributed by atoms with Gasteiger partial charge in [-0.2, -0.15) is 0 Å². The molecule has 0 atom stereocenters. The molecule has 2 aromatic carbocycles. The summed E-state index contributed by atoms with van der Waals surface area (Å²) < 4.78 is 0. The predicted octanol–water partition coefficient (Wildman–Crippen LogP) is 0.300.